The number of nitrogens with zero attached hydrogens (tertiary/aromatic N) is 2. The predicted octanol–water partition coefficient (Wildman–Crippen LogP) is 1.70. The van der Waals surface area contributed by atoms with Gasteiger partial charge < -0.3 is 4.74 Å². The van der Waals surface area contributed by atoms with Crippen LogP contribution in [0, 0.1) is 0 Å². The maximum Gasteiger partial charge on any atom is 0.359 e. The topological polar surface area (TPSA) is 60.7 Å². The second-order valence-corrected chi connectivity index (χ2v) is 3.83. The van der Waals surface area contributed by atoms with E-state index < -0.39 is 5.97 Å². The van der Waals surface area contributed by atoms with Crippen molar-refractivity contribution in [2.24, 2.45) is 0 Å². The van der Waals surface area contributed by atoms with Crippen molar-refractivity contribution in [1.29, 1.82) is 0 Å². The molecule has 0 aliphatic carbocycles. The second kappa shape index (κ2) is 4.05. The van der Waals surface area contributed by atoms with Gasteiger partial charge in [0, 0.05) is 0 Å². The first-order chi connectivity index (χ1) is 7.69. The monoisotopic (exact) mass is 282 g/mol. The number of methoxy groups -OCH3 is 1. The second-order valence-electron chi connectivity index (χ2n) is 3.02. The fourth-order valence-electron chi connectivity index (χ4n) is 1.42. The summed E-state index contributed by atoms with van der Waals surface area (Å²) >= 11 is 3.28. The van der Waals surface area contributed by atoms with Crippen LogP contribution in [0.5, 0.6) is 0 Å². The summed E-state index contributed by atoms with van der Waals surface area (Å²) in [5.41, 5.74) is 0.808. The molecule has 0 atom stereocenters. The maximum atomic E-state index is 11.4. The molecule has 2 aromatic heterocycles. The van der Waals surface area contributed by atoms with E-state index in [0.717, 1.165) is 0 Å². The van der Waals surface area contributed by atoms with Gasteiger partial charge in [-0.25, -0.2) is 9.31 Å². The van der Waals surface area contributed by atoms with Crippen LogP contribution in [0.2, 0.25) is 0 Å². The van der Waals surface area contributed by atoms with Crippen LogP contribution in [0.4, 0.5) is 0 Å². The highest BCUT2D eigenvalue weighted by molar-refractivity contribution is 9.10. The third-order valence-electron chi connectivity index (χ3n) is 2.15. The lowest BCUT2D eigenvalue weighted by Gasteiger charge is -1.94. The van der Waals surface area contributed by atoms with Gasteiger partial charge in [0.15, 0.2) is 12.0 Å². The summed E-state index contributed by atoms with van der Waals surface area (Å²) in [5, 5.41) is 4.02. The molecule has 0 unspecified atom stereocenters. The van der Waals surface area contributed by atoms with E-state index in [2.05, 4.69) is 25.8 Å². The van der Waals surface area contributed by atoms with Crippen LogP contribution in [-0.4, -0.2) is 29.0 Å². The molecule has 82 valence electrons. The number of ether oxygens (including phenoxy) is 1. The molecule has 2 aromatic rings. The molecule has 0 aliphatic rings. The largest absolute Gasteiger partial charge is 0.464 e. The van der Waals surface area contributed by atoms with Crippen molar-refractivity contribution >= 4 is 33.7 Å². The number of fused-ring (bicyclic) bond motifs is 1. The van der Waals surface area contributed by atoms with Gasteiger partial charge in [0.2, 0.25) is 0 Å². The Balaban J connectivity index is 2.81. The zero-order chi connectivity index (χ0) is 11.7. The molecule has 0 fully saturated rings. The van der Waals surface area contributed by atoms with Gasteiger partial charge in [-0.2, -0.15) is 5.10 Å². The first-order valence-corrected chi connectivity index (χ1v) is 5.19. The molecule has 0 N–H and O–H groups in total. The highest BCUT2D eigenvalue weighted by Crippen LogP contribution is 2.19. The summed E-state index contributed by atoms with van der Waals surface area (Å²) in [6.45, 7) is 0. The van der Waals surface area contributed by atoms with Crippen LogP contribution in [0.25, 0.3) is 5.52 Å². The molecule has 0 aromatic carbocycles. The highest BCUT2D eigenvalue weighted by Gasteiger charge is 2.19. The molecule has 0 saturated heterocycles. The summed E-state index contributed by atoms with van der Waals surface area (Å²) < 4.78 is 6.68. The summed E-state index contributed by atoms with van der Waals surface area (Å²) in [6, 6.07) is 5.22. The van der Waals surface area contributed by atoms with Crippen molar-refractivity contribution in [3.05, 3.63) is 34.1 Å². The number of aldehydes is 1. The molecule has 0 spiro atoms. The Bertz CT molecular complexity index is 577. The van der Waals surface area contributed by atoms with Gasteiger partial charge in [0.05, 0.1) is 18.2 Å². The molecule has 0 saturated carbocycles. The summed E-state index contributed by atoms with van der Waals surface area (Å²) in [6.07, 6.45) is 0.598. The molecule has 2 heterocycles. The molecule has 0 bridgehead atoms. The summed E-state index contributed by atoms with van der Waals surface area (Å²) in [4.78, 5) is 22.4. The molecule has 2 rings (SSSR count). The van der Waals surface area contributed by atoms with Crippen molar-refractivity contribution in [1.82, 2.24) is 9.61 Å². The van der Waals surface area contributed by atoms with Crippen molar-refractivity contribution < 1.29 is 14.3 Å². The molecular weight excluding hydrogens is 276 g/mol. The average molecular weight is 283 g/mol. The fourth-order valence-corrected chi connectivity index (χ4v) is 1.84. The Hall–Kier alpha value is -1.69. The number of pyridine rings is 1. The molecule has 0 radical (unpaired) electrons. The van der Waals surface area contributed by atoms with Crippen molar-refractivity contribution in [3.8, 4) is 0 Å². The Morgan fingerprint density at radius 1 is 1.56 bits per heavy atom. The minimum Gasteiger partial charge on any atom is -0.464 e. The highest BCUT2D eigenvalue weighted by atomic mass is 79.9. The van der Waals surface area contributed by atoms with Crippen LogP contribution in [-0.2, 0) is 4.74 Å². The van der Waals surface area contributed by atoms with E-state index in [4.69, 9.17) is 0 Å². The Morgan fingerprint density at radius 3 is 2.94 bits per heavy atom. The molecule has 16 heavy (non-hydrogen) atoms. The smallest absolute Gasteiger partial charge is 0.359 e. The number of carbonyl (C=O) groups excluding carboxylic acids is 2. The number of carbonyl (C=O) groups is 2. The predicted molar refractivity (Wildman–Crippen MR) is 59.6 cm³/mol. The van der Waals surface area contributed by atoms with E-state index in [1.807, 2.05) is 0 Å². The third kappa shape index (κ3) is 1.51. The van der Waals surface area contributed by atoms with E-state index in [9.17, 15) is 9.59 Å². The standard InChI is InChI=1S/C10H7BrN2O3/c1-16-10(15)9-6(5-14)7-3-2-4-8(11)13(7)12-9/h2-5H,1H3. The minimum atomic E-state index is -0.627. The number of aromatic nitrogens is 2. The molecule has 5 nitrogen and oxygen atoms in total. The number of esters is 1. The van der Waals surface area contributed by atoms with E-state index in [-0.39, 0.29) is 11.3 Å². The molecular formula is C10H7BrN2O3. The number of halogens is 1. The molecule has 6 heteroatoms. The van der Waals surface area contributed by atoms with Gasteiger partial charge in [-0.1, -0.05) is 6.07 Å². The van der Waals surface area contributed by atoms with Gasteiger partial charge >= 0.3 is 5.97 Å². The molecule has 0 aliphatic heterocycles. The van der Waals surface area contributed by atoms with E-state index >= 15 is 0 Å². The first kappa shape index (κ1) is 10.8. The summed E-state index contributed by atoms with van der Waals surface area (Å²) in [7, 11) is 1.25. The van der Waals surface area contributed by atoms with Gasteiger partial charge in [-0.3, -0.25) is 4.79 Å². The quantitative estimate of drug-likeness (QED) is 0.478. The normalized spacial score (nSPS) is 10.4. The zero-order valence-corrected chi connectivity index (χ0v) is 9.89. The lowest BCUT2D eigenvalue weighted by molar-refractivity contribution is 0.0591. The maximum absolute atomic E-state index is 11.4. The van der Waals surface area contributed by atoms with Crippen LogP contribution < -0.4 is 0 Å². The lowest BCUT2D eigenvalue weighted by atomic mass is 10.2. The van der Waals surface area contributed by atoms with Gasteiger partial charge in [0.25, 0.3) is 0 Å². The van der Waals surface area contributed by atoms with Crippen molar-refractivity contribution in [3.63, 3.8) is 0 Å². The first-order valence-electron chi connectivity index (χ1n) is 4.39. The van der Waals surface area contributed by atoms with Crippen molar-refractivity contribution in [2.75, 3.05) is 7.11 Å². The number of hydrogen-bond donors (Lipinski definition) is 0. The molecule has 0 amide bonds. The number of rotatable bonds is 2. The number of hydrogen-bond acceptors (Lipinski definition) is 4. The zero-order valence-electron chi connectivity index (χ0n) is 8.31. The Labute approximate surface area is 99.1 Å². The van der Waals surface area contributed by atoms with Crippen LogP contribution >= 0.6 is 15.9 Å². The van der Waals surface area contributed by atoms with Crippen LogP contribution in [0.15, 0.2) is 22.8 Å². The Morgan fingerprint density at radius 2 is 2.31 bits per heavy atom. The minimum absolute atomic E-state index is 0.0180. The van der Waals surface area contributed by atoms with Crippen molar-refractivity contribution in [2.45, 2.75) is 0 Å². The SMILES string of the molecule is COC(=O)c1nn2c(Br)cccc2c1C=O. The third-order valence-corrected chi connectivity index (χ3v) is 2.75. The van der Waals surface area contributed by atoms with Crippen LogP contribution in [0.3, 0.4) is 0 Å². The van der Waals surface area contributed by atoms with E-state index in [1.54, 1.807) is 18.2 Å². The Kier molecular flexibility index (Phi) is 2.74. The van der Waals surface area contributed by atoms with Gasteiger partial charge in [-0.15, -0.1) is 0 Å². The van der Waals surface area contributed by atoms with Gasteiger partial charge in [-0.05, 0) is 28.1 Å². The summed E-state index contributed by atoms with van der Waals surface area (Å²) in [5.74, 6) is -0.627. The van der Waals surface area contributed by atoms with Gasteiger partial charge in [0.1, 0.15) is 4.60 Å². The average Bonchev–Trinajstić information content (AvgIpc) is 2.68. The fraction of sp³-hybridized carbons (Fsp3) is 0.100. The lowest BCUT2D eigenvalue weighted by Crippen LogP contribution is -2.05. The van der Waals surface area contributed by atoms with E-state index in [1.165, 1.54) is 11.6 Å². The van der Waals surface area contributed by atoms with E-state index in [0.29, 0.717) is 16.4 Å². The van der Waals surface area contributed by atoms with Crippen LogP contribution in [0.1, 0.15) is 20.8 Å².